The molecule has 2 N–H and O–H groups in total. The van der Waals surface area contributed by atoms with Gasteiger partial charge in [-0.3, -0.25) is 0 Å². The molecule has 0 aliphatic carbocycles. The highest BCUT2D eigenvalue weighted by Gasteiger charge is 2.44. The van der Waals surface area contributed by atoms with E-state index in [1.165, 1.54) is 49.3 Å². The highest BCUT2D eigenvalue weighted by atomic mass is 35.5. The fourth-order valence-electron chi connectivity index (χ4n) is 2.98. The lowest BCUT2D eigenvalue weighted by atomic mass is 10.1. The maximum absolute atomic E-state index is 13.3. The maximum atomic E-state index is 13.3. The van der Waals surface area contributed by atoms with Crippen molar-refractivity contribution in [3.8, 4) is 5.75 Å². The average molecular weight is 568 g/mol. The molecule has 3 rings (SSSR count). The third-order valence-electron chi connectivity index (χ3n) is 4.57. The van der Waals surface area contributed by atoms with Gasteiger partial charge in [-0.1, -0.05) is 23.7 Å². The third kappa shape index (κ3) is 8.16. The second kappa shape index (κ2) is 11.9. The Morgan fingerprint density at radius 1 is 1.03 bits per heavy atom. The van der Waals surface area contributed by atoms with Crippen molar-refractivity contribution < 1.29 is 35.5 Å². The molecule has 2 aromatic carbocycles. The number of hydrazone groups is 1. The Morgan fingerprint density at radius 3 is 2.35 bits per heavy atom. The average Bonchev–Trinajstić information content (AvgIpc) is 2.79. The van der Waals surface area contributed by atoms with Crippen LogP contribution in [0.4, 0.5) is 48.2 Å². The first-order valence-electron chi connectivity index (χ1n) is 10.3. The van der Waals surface area contributed by atoms with Crippen LogP contribution in [0.5, 0.6) is 5.75 Å². The van der Waals surface area contributed by atoms with E-state index in [4.69, 9.17) is 11.6 Å². The normalized spacial score (nSPS) is 13.5. The molecule has 0 fully saturated rings. The highest BCUT2D eigenvalue weighted by Crippen LogP contribution is 2.46. The molecule has 0 radical (unpaired) electrons. The maximum Gasteiger partial charge on any atom is 0.461 e. The van der Waals surface area contributed by atoms with Crippen LogP contribution in [-0.4, -0.2) is 41.6 Å². The van der Waals surface area contributed by atoms with E-state index in [9.17, 15) is 30.7 Å². The van der Waals surface area contributed by atoms with E-state index in [1.807, 2.05) is 0 Å². The Balaban J connectivity index is 1.67. The molecular weight excluding hydrogens is 550 g/mol. The van der Waals surface area contributed by atoms with Crippen molar-refractivity contribution in [2.24, 2.45) is 5.10 Å². The Labute approximate surface area is 213 Å². The minimum atomic E-state index is -4.62. The number of rotatable bonds is 10. The summed E-state index contributed by atoms with van der Waals surface area (Å²) >= 11 is 6.01. The number of ether oxygens (including phenoxy) is 1. The fourth-order valence-corrected chi connectivity index (χ4v) is 4.01. The zero-order valence-corrected chi connectivity index (χ0v) is 20.5. The van der Waals surface area contributed by atoms with Crippen LogP contribution in [0.3, 0.4) is 0 Å². The molecule has 0 saturated heterocycles. The summed E-state index contributed by atoms with van der Waals surface area (Å²) in [5, 5.41) is 6.78. The summed E-state index contributed by atoms with van der Waals surface area (Å²) < 4.78 is 94.2. The molecule has 0 bridgehead atoms. The van der Waals surface area contributed by atoms with Crippen molar-refractivity contribution in [3.63, 3.8) is 0 Å². The first-order valence-corrected chi connectivity index (χ1v) is 12.2. The monoisotopic (exact) mass is 567 g/mol. The number of hydrogen-bond donors (Lipinski definition) is 2. The molecule has 198 valence electrons. The zero-order valence-electron chi connectivity index (χ0n) is 18.7. The first kappa shape index (κ1) is 28.4. The van der Waals surface area contributed by atoms with Gasteiger partial charge >= 0.3 is 18.7 Å². The van der Waals surface area contributed by atoms with E-state index in [0.717, 1.165) is 12.1 Å². The first-order chi connectivity index (χ1) is 17.4. The van der Waals surface area contributed by atoms with Crippen LogP contribution in [0.1, 0.15) is 16.8 Å². The minimum Gasteiger partial charge on any atom is -0.428 e. The molecule has 15 heteroatoms. The number of anilines is 3. The van der Waals surface area contributed by atoms with E-state index in [2.05, 4.69) is 30.5 Å². The molecule has 37 heavy (non-hydrogen) atoms. The van der Waals surface area contributed by atoms with E-state index in [0.29, 0.717) is 11.3 Å². The zero-order chi connectivity index (χ0) is 27.2. The van der Waals surface area contributed by atoms with Crippen molar-refractivity contribution in [1.82, 2.24) is 9.97 Å². The molecule has 3 aromatic rings. The fraction of sp³-hybridized carbons (Fsp3) is 0.227. The van der Waals surface area contributed by atoms with Crippen molar-refractivity contribution in [2.75, 3.05) is 17.4 Å². The summed E-state index contributed by atoms with van der Waals surface area (Å²) in [6.07, 6.45) is -11.7. The van der Waals surface area contributed by atoms with Gasteiger partial charge in [0.1, 0.15) is 16.7 Å². The molecule has 2 atom stereocenters. The molecular formula is C22H18ClF7N5OP. The van der Waals surface area contributed by atoms with Gasteiger partial charge in [0.25, 0.3) is 0 Å². The predicted octanol–water partition coefficient (Wildman–Crippen LogP) is 7.47. The molecule has 1 heterocycles. The summed E-state index contributed by atoms with van der Waals surface area (Å²) in [6.45, 7) is 1.48. The van der Waals surface area contributed by atoms with Crippen molar-refractivity contribution in [3.05, 3.63) is 70.9 Å². The van der Waals surface area contributed by atoms with E-state index in [1.54, 1.807) is 6.07 Å². The van der Waals surface area contributed by atoms with Gasteiger partial charge in [-0.2, -0.15) is 45.8 Å². The number of hydrogen-bond acceptors (Lipinski definition) is 6. The molecule has 0 spiro atoms. The number of nitrogens with one attached hydrogen (secondary N) is 2. The third-order valence-corrected chi connectivity index (χ3v) is 6.00. The lowest BCUT2D eigenvalue weighted by molar-refractivity contribution is -0.253. The number of halogens is 8. The lowest BCUT2D eigenvalue weighted by Crippen LogP contribution is -2.33. The molecule has 0 amide bonds. The molecule has 2 unspecified atom stereocenters. The summed E-state index contributed by atoms with van der Waals surface area (Å²) in [5.41, 5.74) is 1.78. The molecule has 1 aromatic heterocycles. The Morgan fingerprint density at radius 2 is 1.73 bits per heavy atom. The van der Waals surface area contributed by atoms with Crippen LogP contribution < -0.4 is 15.5 Å². The minimum absolute atomic E-state index is 0.0102. The van der Waals surface area contributed by atoms with Crippen LogP contribution in [-0.2, 0) is 0 Å². The Bertz CT molecular complexity index is 1230. The van der Waals surface area contributed by atoms with E-state index in [-0.39, 0.29) is 31.1 Å². The van der Waals surface area contributed by atoms with Gasteiger partial charge < -0.3 is 10.1 Å². The Kier molecular flexibility index (Phi) is 9.14. The quantitative estimate of drug-likeness (QED) is 0.0874. The van der Waals surface area contributed by atoms with Gasteiger partial charge in [0.2, 0.25) is 5.95 Å². The van der Waals surface area contributed by atoms with Crippen molar-refractivity contribution in [2.45, 2.75) is 24.4 Å². The van der Waals surface area contributed by atoms with Crippen molar-refractivity contribution in [1.29, 1.82) is 0 Å². The standard InChI is InChI=1S/C22H18ClF7N5OP/c1-37-18(21(26,27)28)13-3-2-4-14(9-13)32-17-10-16(23)33-20(34-17)35-31-11-12-5-7-15(8-6-12)36-22(29,30)19(24)25/h2-11,18-19,37H,1H3,(H2,32,33,34,35)/b31-11+. The number of aromatic nitrogens is 2. The van der Waals surface area contributed by atoms with Crippen LogP contribution in [0.15, 0.2) is 59.7 Å². The van der Waals surface area contributed by atoms with Crippen LogP contribution in [0.25, 0.3) is 0 Å². The summed E-state index contributed by atoms with van der Waals surface area (Å²) in [6, 6.07) is 11.9. The van der Waals surface area contributed by atoms with Gasteiger partial charge in [-0.15, -0.1) is 8.58 Å². The van der Waals surface area contributed by atoms with Crippen LogP contribution in [0, 0.1) is 0 Å². The summed E-state index contributed by atoms with van der Waals surface area (Å²) in [4.78, 5) is 8.08. The smallest absolute Gasteiger partial charge is 0.428 e. The van der Waals surface area contributed by atoms with Crippen LogP contribution in [0.2, 0.25) is 5.15 Å². The molecule has 0 aliphatic heterocycles. The van der Waals surface area contributed by atoms with E-state index < -0.39 is 30.1 Å². The van der Waals surface area contributed by atoms with Gasteiger partial charge in [0.05, 0.1) is 11.9 Å². The lowest BCUT2D eigenvalue weighted by Gasteiger charge is -2.19. The topological polar surface area (TPSA) is 71.4 Å². The summed E-state index contributed by atoms with van der Waals surface area (Å²) in [7, 11) is -0.375. The number of alkyl halides is 7. The largest absolute Gasteiger partial charge is 0.461 e. The van der Waals surface area contributed by atoms with Gasteiger partial charge in [0, 0.05) is 11.8 Å². The Hall–Kier alpha value is -3.18. The van der Waals surface area contributed by atoms with Gasteiger partial charge in [-0.25, -0.2) is 5.43 Å². The summed E-state index contributed by atoms with van der Waals surface area (Å²) in [5.74, 6) is -0.338. The SMILES string of the molecule is CPC(c1cccc(Nc2cc(Cl)nc(N/N=C/c3ccc(OC(F)(F)C(F)F)cc3)n2)c1)C(F)(F)F. The predicted molar refractivity (Wildman–Crippen MR) is 129 cm³/mol. The second-order valence-electron chi connectivity index (χ2n) is 7.32. The van der Waals surface area contributed by atoms with Gasteiger partial charge in [0.15, 0.2) is 0 Å². The second-order valence-corrected chi connectivity index (χ2v) is 8.86. The highest BCUT2D eigenvalue weighted by molar-refractivity contribution is 7.37. The molecule has 0 saturated carbocycles. The molecule has 0 aliphatic rings. The number of nitrogens with zero attached hydrogens (tertiary/aromatic N) is 3. The number of benzene rings is 2. The van der Waals surface area contributed by atoms with Crippen molar-refractivity contribution >= 4 is 43.8 Å². The van der Waals surface area contributed by atoms with Crippen LogP contribution >= 0.6 is 20.2 Å². The molecule has 6 nitrogen and oxygen atoms in total. The van der Waals surface area contributed by atoms with E-state index >= 15 is 0 Å². The van der Waals surface area contributed by atoms with Gasteiger partial charge in [-0.05, 0) is 54.2 Å².